The minimum absolute atomic E-state index is 0.594. The zero-order valence-electron chi connectivity index (χ0n) is 16.1. The average Bonchev–Trinajstić information content (AvgIpc) is 2.55. The molecule has 0 saturated heterocycles. The van der Waals surface area contributed by atoms with Crippen molar-refractivity contribution in [1.82, 2.24) is 10.6 Å². The molecule has 2 amide bonds. The molecule has 178 valence electrons. The third-order valence-electron chi connectivity index (χ3n) is 3.31. The van der Waals surface area contributed by atoms with Crippen LogP contribution in [0.5, 0.6) is 0 Å². The van der Waals surface area contributed by atoms with Crippen molar-refractivity contribution in [3.8, 4) is 0 Å². The number of amides is 2. The maximum absolute atomic E-state index is 14.1. The third kappa shape index (κ3) is 5.88. The summed E-state index contributed by atoms with van der Waals surface area (Å²) in [6, 6.07) is 0. The molecule has 30 heavy (non-hydrogen) atoms. The summed E-state index contributed by atoms with van der Waals surface area (Å²) in [5, 5.41) is 2.39. The molecule has 0 aromatic heterocycles. The van der Waals surface area contributed by atoms with Crippen LogP contribution in [0.25, 0.3) is 0 Å². The molecule has 1 unspecified atom stereocenters. The molecular weight excluding hydrogens is 446 g/mol. The van der Waals surface area contributed by atoms with Crippen molar-refractivity contribution in [3.63, 3.8) is 0 Å². The van der Waals surface area contributed by atoms with E-state index in [9.17, 15) is 53.5 Å². The molecule has 0 aliphatic heterocycles. The fourth-order valence-corrected chi connectivity index (χ4v) is 1.62. The normalized spacial score (nSPS) is 15.9. The van der Waals surface area contributed by atoms with E-state index >= 15 is 0 Å². The summed E-state index contributed by atoms with van der Waals surface area (Å²) in [4.78, 5) is 22.6. The largest absolute Gasteiger partial charge is 0.458 e. The molecule has 1 atom stereocenters. The van der Waals surface area contributed by atoms with Gasteiger partial charge in [0, 0.05) is 13.1 Å². The van der Waals surface area contributed by atoms with E-state index in [2.05, 4.69) is 4.74 Å². The Balaban J connectivity index is 5.98. The van der Waals surface area contributed by atoms with Gasteiger partial charge in [-0.25, -0.2) is 0 Å². The first-order valence-corrected chi connectivity index (χ1v) is 8.29. The summed E-state index contributed by atoms with van der Waals surface area (Å²) in [7, 11) is 0. The third-order valence-corrected chi connectivity index (χ3v) is 3.31. The number of hydrogen-bond acceptors (Lipinski definition) is 3. The summed E-state index contributed by atoms with van der Waals surface area (Å²) < 4.78 is 137. The number of carbonyl (C=O) groups excluding carboxylic acids is 2. The van der Waals surface area contributed by atoms with Crippen molar-refractivity contribution in [2.45, 2.75) is 57.7 Å². The predicted molar refractivity (Wildman–Crippen MR) is 81.5 cm³/mol. The lowest BCUT2D eigenvalue weighted by atomic mass is 10.1. The summed E-state index contributed by atoms with van der Waals surface area (Å²) in [6.45, 7) is 3.85. The zero-order valence-corrected chi connectivity index (χ0v) is 16.1. The van der Waals surface area contributed by atoms with Crippen molar-refractivity contribution in [2.24, 2.45) is 11.8 Å². The second kappa shape index (κ2) is 9.14. The molecule has 0 rings (SSSR count). The second-order valence-corrected chi connectivity index (χ2v) is 7.07. The molecule has 0 fully saturated rings. The topological polar surface area (TPSA) is 67.4 Å². The van der Waals surface area contributed by atoms with Crippen LogP contribution in [0.4, 0.5) is 43.9 Å². The molecule has 0 heterocycles. The number of nitrogens with one attached hydrogen (secondary N) is 2. The Bertz CT molecular complexity index is 622. The van der Waals surface area contributed by atoms with Crippen LogP contribution in [-0.4, -0.2) is 54.9 Å². The van der Waals surface area contributed by atoms with Crippen LogP contribution in [-0.2, 0) is 14.3 Å². The molecule has 0 aliphatic rings. The van der Waals surface area contributed by atoms with Gasteiger partial charge in [-0.1, -0.05) is 27.7 Å². The molecule has 5 nitrogen and oxygen atoms in total. The van der Waals surface area contributed by atoms with E-state index in [0.29, 0.717) is 0 Å². The highest BCUT2D eigenvalue weighted by molar-refractivity contribution is 5.85. The van der Waals surface area contributed by atoms with Gasteiger partial charge in [0.25, 0.3) is 11.8 Å². The van der Waals surface area contributed by atoms with E-state index in [1.807, 2.05) is 0 Å². The van der Waals surface area contributed by atoms with Crippen molar-refractivity contribution in [2.75, 3.05) is 13.1 Å². The molecule has 0 saturated carbocycles. The van der Waals surface area contributed by atoms with Crippen LogP contribution < -0.4 is 10.6 Å². The Kier molecular flexibility index (Phi) is 8.59. The Hall–Kier alpha value is -1.80. The first-order chi connectivity index (χ1) is 13.1. The van der Waals surface area contributed by atoms with Gasteiger partial charge < -0.3 is 10.6 Å². The van der Waals surface area contributed by atoms with Crippen LogP contribution in [0.1, 0.15) is 27.7 Å². The van der Waals surface area contributed by atoms with E-state index in [4.69, 9.17) is 0 Å². The van der Waals surface area contributed by atoms with Crippen LogP contribution in [0.3, 0.4) is 0 Å². The van der Waals surface area contributed by atoms with Crippen LogP contribution in [0.2, 0.25) is 0 Å². The average molecular weight is 466 g/mol. The molecule has 0 bridgehead atoms. The molecule has 0 aromatic carbocycles. The minimum Gasteiger partial charge on any atom is -0.351 e. The molecular formula is C15H20F10N2O3. The second-order valence-electron chi connectivity index (χ2n) is 7.07. The maximum Gasteiger partial charge on any atom is 0.458 e. The van der Waals surface area contributed by atoms with Crippen molar-refractivity contribution >= 4 is 11.8 Å². The number of alkyl halides is 10. The van der Waals surface area contributed by atoms with E-state index in [1.54, 1.807) is 0 Å². The summed E-state index contributed by atoms with van der Waals surface area (Å²) in [5.41, 5.74) is 0. The Morgan fingerprint density at radius 1 is 0.733 bits per heavy atom. The number of ether oxygens (including phenoxy) is 1. The van der Waals surface area contributed by atoms with Gasteiger partial charge in [0.2, 0.25) is 0 Å². The smallest absolute Gasteiger partial charge is 0.351 e. The highest BCUT2D eigenvalue weighted by Gasteiger charge is 2.80. The lowest BCUT2D eigenvalue weighted by molar-refractivity contribution is -0.455. The van der Waals surface area contributed by atoms with Gasteiger partial charge in [-0.15, -0.1) is 0 Å². The van der Waals surface area contributed by atoms with Crippen LogP contribution >= 0.6 is 0 Å². The number of carbonyl (C=O) groups is 2. The first-order valence-electron chi connectivity index (χ1n) is 8.29. The van der Waals surface area contributed by atoms with Crippen molar-refractivity contribution in [3.05, 3.63) is 0 Å². The summed E-state index contributed by atoms with van der Waals surface area (Å²) >= 11 is 0. The van der Waals surface area contributed by atoms with E-state index in [-0.39, 0.29) is 0 Å². The van der Waals surface area contributed by atoms with Crippen molar-refractivity contribution < 1.29 is 58.2 Å². The molecule has 15 heteroatoms. The minimum atomic E-state index is -6.97. The molecule has 0 aliphatic carbocycles. The first kappa shape index (κ1) is 28.2. The van der Waals surface area contributed by atoms with Gasteiger partial charge in [-0.3, -0.25) is 14.3 Å². The highest BCUT2D eigenvalue weighted by atomic mass is 19.4. The number of hydrogen-bond donors (Lipinski definition) is 2. The quantitative estimate of drug-likeness (QED) is 0.484. The zero-order chi connectivity index (χ0) is 24.3. The standard InChI is InChI=1S/C15H20F10N2O3/c1-7(2)5-26-9(28)11(16,17)13(19,20)15(24,25)30-12(18,14(21,22)23)10(29)27-6-8(3)4/h7-8H,5-6H2,1-4H3,(H,26,28)(H,27,29). The lowest BCUT2D eigenvalue weighted by Gasteiger charge is -2.36. The predicted octanol–water partition coefficient (Wildman–Crippen LogP) is 3.64. The Labute approximate surface area is 164 Å². The van der Waals surface area contributed by atoms with Gasteiger partial charge >= 0.3 is 30.0 Å². The molecule has 2 N–H and O–H groups in total. The maximum atomic E-state index is 14.1. The number of rotatable bonds is 10. The lowest BCUT2D eigenvalue weighted by Crippen LogP contribution is -2.66. The van der Waals surface area contributed by atoms with Crippen molar-refractivity contribution in [1.29, 1.82) is 0 Å². The summed E-state index contributed by atoms with van der Waals surface area (Å²) in [6.07, 6.45) is -13.6. The van der Waals surface area contributed by atoms with E-state index in [1.165, 1.54) is 38.3 Å². The molecule has 0 aromatic rings. The van der Waals surface area contributed by atoms with E-state index in [0.717, 1.165) is 0 Å². The van der Waals surface area contributed by atoms with Crippen LogP contribution in [0.15, 0.2) is 0 Å². The monoisotopic (exact) mass is 466 g/mol. The Morgan fingerprint density at radius 2 is 1.10 bits per heavy atom. The van der Waals surface area contributed by atoms with Gasteiger partial charge in [0.15, 0.2) is 0 Å². The van der Waals surface area contributed by atoms with Crippen LogP contribution in [0, 0.1) is 11.8 Å². The molecule has 0 radical (unpaired) electrons. The van der Waals surface area contributed by atoms with Gasteiger partial charge in [0.1, 0.15) is 0 Å². The van der Waals surface area contributed by atoms with Gasteiger partial charge in [0.05, 0.1) is 0 Å². The SMILES string of the molecule is CC(C)CNC(=O)C(F)(F)C(F)(F)C(F)(F)OC(F)(C(=O)NCC(C)C)C(F)(F)F. The van der Waals surface area contributed by atoms with Gasteiger partial charge in [-0.05, 0) is 11.8 Å². The summed E-state index contributed by atoms with van der Waals surface area (Å²) in [5.74, 6) is -26.6. The van der Waals surface area contributed by atoms with E-state index < -0.39 is 66.7 Å². The van der Waals surface area contributed by atoms with Gasteiger partial charge in [-0.2, -0.15) is 43.9 Å². The number of halogens is 10. The fourth-order valence-electron chi connectivity index (χ4n) is 1.62. The Morgan fingerprint density at radius 3 is 1.43 bits per heavy atom. The highest BCUT2D eigenvalue weighted by Crippen LogP contribution is 2.50. The molecule has 0 spiro atoms. The fraction of sp³-hybridized carbons (Fsp3) is 0.867.